The van der Waals surface area contributed by atoms with Crippen LogP contribution in [0.3, 0.4) is 0 Å². The van der Waals surface area contributed by atoms with Crippen molar-refractivity contribution in [1.82, 2.24) is 18.5 Å². The van der Waals surface area contributed by atoms with Gasteiger partial charge in [0.2, 0.25) is 0 Å². The van der Waals surface area contributed by atoms with E-state index in [0.717, 1.165) is 64.2 Å². The minimum atomic E-state index is -4.03. The Morgan fingerprint density at radius 2 is 1.77 bits per heavy atom. The zero-order chi connectivity index (χ0) is 33.6. The SMILES string of the molecule is COC(=O)[C@@H]1C[C@@H](O)CN1C(=O)C1=Cc2cc(OC)ccc2-c2c(C3CCCCC3)c3ccc(C(=O)NS(=O)(=O)N(C)C)cc3n2C1. The monoisotopic (exact) mass is 664 g/mol. The fourth-order valence-electron chi connectivity index (χ4n) is 7.16. The van der Waals surface area contributed by atoms with Crippen molar-refractivity contribution in [3.05, 3.63) is 58.7 Å². The highest BCUT2D eigenvalue weighted by Gasteiger charge is 2.41. The zero-order valence-electron chi connectivity index (χ0n) is 27.0. The summed E-state index contributed by atoms with van der Waals surface area (Å²) in [6, 6.07) is 9.99. The molecule has 0 radical (unpaired) electrons. The van der Waals surface area contributed by atoms with Gasteiger partial charge in [-0.3, -0.25) is 9.59 Å². The number of hydrogen-bond acceptors (Lipinski definition) is 8. The number of aliphatic hydroxyl groups excluding tert-OH is 1. The summed E-state index contributed by atoms with van der Waals surface area (Å²) in [5, 5.41) is 11.4. The van der Waals surface area contributed by atoms with E-state index < -0.39 is 40.1 Å². The number of benzene rings is 2. The maximum absolute atomic E-state index is 14.3. The molecule has 2 aromatic carbocycles. The Bertz CT molecular complexity index is 1890. The van der Waals surface area contributed by atoms with Gasteiger partial charge in [0.15, 0.2) is 0 Å². The second kappa shape index (κ2) is 12.8. The van der Waals surface area contributed by atoms with Crippen LogP contribution < -0.4 is 9.46 Å². The lowest BCUT2D eigenvalue weighted by Crippen LogP contribution is -2.42. The normalized spacial score (nSPS) is 20.0. The predicted octanol–water partition coefficient (Wildman–Crippen LogP) is 3.43. The standard InChI is InChI=1S/C34H40N4O8S/c1-36(2)47(43,44)35-32(40)21-10-12-27-28(16-21)37-18-23(33(41)38-19-24(39)17-29(38)34(42)46-4)14-22-15-25(45-3)11-13-26(22)31(37)30(27)20-8-6-5-7-9-20/h10-16,20,24,29,39H,5-9,17-19H2,1-4H3,(H,35,40)/t24-,29+/m1/s1. The molecule has 1 aliphatic carbocycles. The molecule has 1 saturated carbocycles. The van der Waals surface area contributed by atoms with Gasteiger partial charge in [-0.2, -0.15) is 12.7 Å². The van der Waals surface area contributed by atoms with Crippen molar-refractivity contribution in [2.24, 2.45) is 0 Å². The van der Waals surface area contributed by atoms with Crippen molar-refractivity contribution in [2.45, 2.75) is 63.1 Å². The lowest BCUT2D eigenvalue weighted by atomic mass is 9.81. The summed E-state index contributed by atoms with van der Waals surface area (Å²) < 4.78 is 40.6. The topological polar surface area (TPSA) is 147 Å². The smallest absolute Gasteiger partial charge is 0.328 e. The van der Waals surface area contributed by atoms with Crippen molar-refractivity contribution in [3.8, 4) is 17.0 Å². The first-order valence-electron chi connectivity index (χ1n) is 15.8. The molecule has 12 nitrogen and oxygen atoms in total. The molecule has 6 rings (SSSR count). The number of nitrogens with one attached hydrogen (secondary N) is 1. The molecule has 3 heterocycles. The largest absolute Gasteiger partial charge is 0.497 e. The van der Waals surface area contributed by atoms with Crippen LogP contribution in [-0.2, 0) is 31.1 Å². The van der Waals surface area contributed by atoms with E-state index >= 15 is 0 Å². The number of aliphatic hydroxyl groups is 1. The number of likely N-dealkylation sites (tertiary alicyclic amines) is 1. The van der Waals surface area contributed by atoms with Gasteiger partial charge in [0, 0.05) is 54.7 Å². The van der Waals surface area contributed by atoms with Gasteiger partial charge < -0.3 is 24.0 Å². The molecule has 2 amide bonds. The van der Waals surface area contributed by atoms with Crippen molar-refractivity contribution in [3.63, 3.8) is 0 Å². The van der Waals surface area contributed by atoms with Gasteiger partial charge >= 0.3 is 16.2 Å². The molecule has 3 aromatic rings. The van der Waals surface area contributed by atoms with Crippen LogP contribution in [0.15, 0.2) is 42.0 Å². The number of nitrogens with zero attached hydrogens (tertiary/aromatic N) is 3. The molecule has 0 spiro atoms. The summed E-state index contributed by atoms with van der Waals surface area (Å²) in [6.07, 6.45) is 6.33. The second-order valence-corrected chi connectivity index (χ2v) is 14.5. The van der Waals surface area contributed by atoms with E-state index in [1.165, 1.54) is 26.1 Å². The van der Waals surface area contributed by atoms with Gasteiger partial charge in [0.05, 0.1) is 32.6 Å². The first-order valence-corrected chi connectivity index (χ1v) is 17.2. The minimum Gasteiger partial charge on any atom is -0.497 e. The number of rotatable bonds is 7. The third-order valence-corrected chi connectivity index (χ3v) is 10.9. The van der Waals surface area contributed by atoms with E-state index in [-0.39, 0.29) is 31.0 Å². The lowest BCUT2D eigenvalue weighted by Gasteiger charge is -2.24. The summed E-state index contributed by atoms with van der Waals surface area (Å²) in [7, 11) is 1.48. The van der Waals surface area contributed by atoms with E-state index in [2.05, 4.69) is 4.72 Å². The number of β-amino-alcohol motifs (C(OH)–C–C–N with tert-alkyl or cyclic N) is 1. The number of carbonyl (C=O) groups is 3. The van der Waals surface area contributed by atoms with Crippen molar-refractivity contribution in [1.29, 1.82) is 0 Å². The molecular formula is C34H40N4O8S. The zero-order valence-corrected chi connectivity index (χ0v) is 27.8. The van der Waals surface area contributed by atoms with Gasteiger partial charge in [0.25, 0.3) is 11.8 Å². The maximum atomic E-state index is 14.3. The van der Waals surface area contributed by atoms with Crippen LogP contribution in [0, 0.1) is 0 Å². The molecule has 47 heavy (non-hydrogen) atoms. The highest BCUT2D eigenvalue weighted by Crippen LogP contribution is 2.47. The van der Waals surface area contributed by atoms with E-state index in [9.17, 15) is 27.9 Å². The molecule has 1 saturated heterocycles. The highest BCUT2D eigenvalue weighted by molar-refractivity contribution is 7.87. The fourth-order valence-corrected chi connectivity index (χ4v) is 7.70. The summed E-state index contributed by atoms with van der Waals surface area (Å²) in [5.41, 5.74) is 4.91. The van der Waals surface area contributed by atoms with Crippen LogP contribution >= 0.6 is 0 Å². The van der Waals surface area contributed by atoms with E-state index in [1.54, 1.807) is 19.2 Å². The Morgan fingerprint density at radius 1 is 1.02 bits per heavy atom. The summed E-state index contributed by atoms with van der Waals surface area (Å²) in [6.45, 7) is 0.0914. The van der Waals surface area contributed by atoms with Crippen molar-refractivity contribution >= 4 is 45.0 Å². The third-order valence-electron chi connectivity index (χ3n) is 9.54. The molecule has 2 N–H and O–H groups in total. The summed E-state index contributed by atoms with van der Waals surface area (Å²) >= 11 is 0. The highest BCUT2D eigenvalue weighted by atomic mass is 32.2. The van der Waals surface area contributed by atoms with E-state index in [4.69, 9.17) is 9.47 Å². The number of aromatic nitrogens is 1. The van der Waals surface area contributed by atoms with E-state index in [1.807, 2.05) is 34.9 Å². The third kappa shape index (κ3) is 6.03. The van der Waals surface area contributed by atoms with Crippen LogP contribution in [0.25, 0.3) is 28.2 Å². The maximum Gasteiger partial charge on any atom is 0.328 e. The number of hydrogen-bond donors (Lipinski definition) is 2. The molecule has 0 unspecified atom stereocenters. The van der Waals surface area contributed by atoms with Gasteiger partial charge in [-0.15, -0.1) is 0 Å². The fraction of sp³-hybridized carbons (Fsp3) is 0.441. The Labute approximate surface area is 274 Å². The molecule has 3 aliphatic rings. The number of esters is 1. The number of fused-ring (bicyclic) bond motifs is 5. The Morgan fingerprint density at radius 3 is 2.45 bits per heavy atom. The molecule has 13 heteroatoms. The van der Waals surface area contributed by atoms with Gasteiger partial charge in [-0.25, -0.2) is 9.52 Å². The van der Waals surface area contributed by atoms with Crippen LogP contribution in [0.1, 0.15) is 65.9 Å². The van der Waals surface area contributed by atoms with E-state index in [0.29, 0.717) is 16.8 Å². The molecule has 2 fully saturated rings. The van der Waals surface area contributed by atoms with Crippen LogP contribution in [0.4, 0.5) is 0 Å². The molecular weight excluding hydrogens is 624 g/mol. The Kier molecular flexibility index (Phi) is 8.90. The number of methoxy groups -OCH3 is 2. The second-order valence-electron chi connectivity index (χ2n) is 12.6. The number of ether oxygens (including phenoxy) is 2. The Hall–Kier alpha value is -4.20. The minimum absolute atomic E-state index is 0.0157. The van der Waals surface area contributed by atoms with Gasteiger partial charge in [-0.05, 0) is 66.3 Å². The lowest BCUT2D eigenvalue weighted by molar-refractivity contribution is -0.149. The molecule has 0 bridgehead atoms. The molecule has 250 valence electrons. The number of amides is 2. The molecule has 2 aliphatic heterocycles. The van der Waals surface area contributed by atoms with Gasteiger partial charge in [0.1, 0.15) is 11.8 Å². The number of carbonyl (C=O) groups excluding carboxylic acids is 3. The average Bonchev–Trinajstić information content (AvgIpc) is 3.55. The first kappa shape index (κ1) is 32.7. The quantitative estimate of drug-likeness (QED) is 0.366. The van der Waals surface area contributed by atoms with Crippen LogP contribution in [0.5, 0.6) is 5.75 Å². The van der Waals surface area contributed by atoms with Crippen LogP contribution in [0.2, 0.25) is 0 Å². The molecule has 1 aromatic heterocycles. The van der Waals surface area contributed by atoms with Crippen LogP contribution in [-0.4, -0.2) is 92.1 Å². The first-order chi connectivity index (χ1) is 22.4. The average molecular weight is 665 g/mol. The predicted molar refractivity (Wildman–Crippen MR) is 176 cm³/mol. The molecule has 2 atom stereocenters. The summed E-state index contributed by atoms with van der Waals surface area (Å²) in [4.78, 5) is 41.6. The summed E-state index contributed by atoms with van der Waals surface area (Å²) in [5.74, 6) is -0.929. The van der Waals surface area contributed by atoms with Crippen molar-refractivity contribution < 1.29 is 37.4 Å². The van der Waals surface area contributed by atoms with Crippen molar-refractivity contribution in [2.75, 3.05) is 34.9 Å². The Balaban J connectivity index is 1.56. The van der Waals surface area contributed by atoms with Gasteiger partial charge in [-0.1, -0.05) is 25.3 Å².